The smallest absolute Gasteiger partial charge is 0.228 e. The Balaban J connectivity index is 1.53. The molecule has 0 aliphatic carbocycles. The van der Waals surface area contributed by atoms with Gasteiger partial charge in [-0.2, -0.15) is 5.10 Å². The number of carbonyl (C=O) groups excluding carboxylic acids is 1. The molecule has 0 unspecified atom stereocenters. The third-order valence-corrected chi connectivity index (χ3v) is 4.70. The number of furan rings is 1. The highest BCUT2D eigenvalue weighted by atomic mass is 16.3. The average molecular weight is 324 g/mol. The minimum Gasteiger partial charge on any atom is -0.464 e. The first kappa shape index (κ1) is 15.0. The summed E-state index contributed by atoms with van der Waals surface area (Å²) >= 11 is 0. The van der Waals surface area contributed by atoms with Crippen LogP contribution in [0.3, 0.4) is 0 Å². The first-order valence-corrected chi connectivity index (χ1v) is 8.22. The number of piperidine rings is 1. The zero-order valence-corrected chi connectivity index (χ0v) is 13.6. The number of aromatic amines is 1. The zero-order chi connectivity index (χ0) is 16.5. The highest BCUT2D eigenvalue weighted by molar-refractivity contribution is 6.01. The van der Waals surface area contributed by atoms with Crippen LogP contribution in [0.15, 0.2) is 41.0 Å². The van der Waals surface area contributed by atoms with Crippen molar-refractivity contribution >= 4 is 22.6 Å². The van der Waals surface area contributed by atoms with E-state index in [1.54, 1.807) is 6.26 Å². The van der Waals surface area contributed by atoms with Crippen LogP contribution in [0.4, 0.5) is 5.82 Å². The molecule has 2 aromatic heterocycles. The van der Waals surface area contributed by atoms with E-state index in [2.05, 4.69) is 27.5 Å². The van der Waals surface area contributed by atoms with Crippen molar-refractivity contribution in [2.24, 2.45) is 5.92 Å². The fourth-order valence-corrected chi connectivity index (χ4v) is 3.20. The first-order valence-electron chi connectivity index (χ1n) is 8.22. The maximum atomic E-state index is 12.5. The van der Waals surface area contributed by atoms with Gasteiger partial charge >= 0.3 is 0 Å². The SMILES string of the molecule is CN1CCC(C(=O)Nc2n[nH]c3cc(-c4ccco4)ccc23)CC1. The molecule has 0 saturated carbocycles. The molecule has 24 heavy (non-hydrogen) atoms. The molecule has 0 atom stereocenters. The standard InChI is InChI=1S/C18H20N4O2/c1-22-8-6-12(7-9-22)18(23)19-17-14-5-4-13(11-15(14)20-21-17)16-3-2-10-24-16/h2-5,10-12H,6-9H2,1H3,(H2,19,20,21,23). The summed E-state index contributed by atoms with van der Waals surface area (Å²) in [4.78, 5) is 14.7. The summed E-state index contributed by atoms with van der Waals surface area (Å²) in [6.07, 6.45) is 3.44. The predicted molar refractivity (Wildman–Crippen MR) is 92.6 cm³/mol. The number of nitrogens with zero attached hydrogens (tertiary/aromatic N) is 2. The molecular weight excluding hydrogens is 304 g/mol. The van der Waals surface area contributed by atoms with Crippen molar-refractivity contribution in [3.05, 3.63) is 36.6 Å². The van der Waals surface area contributed by atoms with E-state index >= 15 is 0 Å². The number of anilines is 1. The van der Waals surface area contributed by atoms with Gasteiger partial charge in [0.25, 0.3) is 0 Å². The molecule has 1 aromatic carbocycles. The second kappa shape index (κ2) is 6.13. The van der Waals surface area contributed by atoms with Crippen molar-refractivity contribution in [3.63, 3.8) is 0 Å². The second-order valence-electron chi connectivity index (χ2n) is 6.38. The van der Waals surface area contributed by atoms with Gasteiger partial charge in [-0.05, 0) is 57.2 Å². The number of benzene rings is 1. The summed E-state index contributed by atoms with van der Waals surface area (Å²) in [6.45, 7) is 1.93. The van der Waals surface area contributed by atoms with E-state index in [-0.39, 0.29) is 11.8 Å². The molecular formula is C18H20N4O2. The summed E-state index contributed by atoms with van der Waals surface area (Å²) in [6, 6.07) is 9.69. The molecule has 1 aliphatic rings. The first-order chi connectivity index (χ1) is 11.7. The third-order valence-electron chi connectivity index (χ3n) is 4.70. The van der Waals surface area contributed by atoms with E-state index in [1.165, 1.54) is 0 Å². The lowest BCUT2D eigenvalue weighted by Gasteiger charge is -2.27. The van der Waals surface area contributed by atoms with E-state index < -0.39 is 0 Å². The van der Waals surface area contributed by atoms with E-state index in [1.807, 2.05) is 30.3 Å². The number of amides is 1. The molecule has 4 rings (SSSR count). The summed E-state index contributed by atoms with van der Waals surface area (Å²) in [5.74, 6) is 1.53. The van der Waals surface area contributed by atoms with Crippen LogP contribution in [0, 0.1) is 5.92 Å². The van der Waals surface area contributed by atoms with Gasteiger partial charge in [-0.15, -0.1) is 0 Å². The number of likely N-dealkylation sites (tertiary alicyclic amines) is 1. The van der Waals surface area contributed by atoms with Crippen LogP contribution in [0.25, 0.3) is 22.2 Å². The molecule has 1 aliphatic heterocycles. The van der Waals surface area contributed by atoms with Crippen LogP contribution in [-0.2, 0) is 4.79 Å². The molecule has 0 bridgehead atoms. The van der Waals surface area contributed by atoms with Crippen molar-refractivity contribution < 1.29 is 9.21 Å². The Morgan fingerprint density at radius 2 is 2.17 bits per heavy atom. The van der Waals surface area contributed by atoms with E-state index in [9.17, 15) is 4.79 Å². The topological polar surface area (TPSA) is 74.2 Å². The van der Waals surface area contributed by atoms with Gasteiger partial charge in [-0.25, -0.2) is 0 Å². The van der Waals surface area contributed by atoms with Crippen molar-refractivity contribution in [3.8, 4) is 11.3 Å². The van der Waals surface area contributed by atoms with Gasteiger partial charge < -0.3 is 14.6 Å². The fraction of sp³-hybridized carbons (Fsp3) is 0.333. The number of aromatic nitrogens is 2. The molecule has 3 heterocycles. The molecule has 0 spiro atoms. The molecule has 1 amide bonds. The molecule has 0 radical (unpaired) electrons. The number of H-pyrrole nitrogens is 1. The highest BCUT2D eigenvalue weighted by Crippen LogP contribution is 2.28. The van der Waals surface area contributed by atoms with Crippen LogP contribution in [0.1, 0.15) is 12.8 Å². The van der Waals surface area contributed by atoms with E-state index in [4.69, 9.17) is 4.42 Å². The maximum Gasteiger partial charge on any atom is 0.228 e. The maximum absolute atomic E-state index is 12.5. The third kappa shape index (κ3) is 2.80. The lowest BCUT2D eigenvalue weighted by molar-refractivity contribution is -0.121. The number of rotatable bonds is 3. The Bertz CT molecular complexity index is 845. The highest BCUT2D eigenvalue weighted by Gasteiger charge is 2.24. The molecule has 2 N–H and O–H groups in total. The van der Waals surface area contributed by atoms with Crippen molar-refractivity contribution in [1.29, 1.82) is 0 Å². The van der Waals surface area contributed by atoms with Crippen LogP contribution < -0.4 is 5.32 Å². The van der Waals surface area contributed by atoms with Crippen LogP contribution in [0.2, 0.25) is 0 Å². The van der Waals surface area contributed by atoms with E-state index in [0.717, 1.165) is 48.2 Å². The molecule has 3 aromatic rings. The monoisotopic (exact) mass is 324 g/mol. The van der Waals surface area contributed by atoms with E-state index in [0.29, 0.717) is 5.82 Å². The summed E-state index contributed by atoms with van der Waals surface area (Å²) < 4.78 is 5.42. The lowest BCUT2D eigenvalue weighted by atomic mass is 9.96. The minimum absolute atomic E-state index is 0.0617. The van der Waals surface area contributed by atoms with Gasteiger partial charge in [0.15, 0.2) is 5.82 Å². The molecule has 6 nitrogen and oxygen atoms in total. The molecule has 124 valence electrons. The number of hydrogen-bond acceptors (Lipinski definition) is 4. The number of carbonyl (C=O) groups is 1. The van der Waals surface area contributed by atoms with Gasteiger partial charge in [0, 0.05) is 16.9 Å². The minimum atomic E-state index is 0.0617. The Morgan fingerprint density at radius 1 is 1.33 bits per heavy atom. The predicted octanol–water partition coefficient (Wildman–Crippen LogP) is 3.10. The van der Waals surface area contributed by atoms with Crippen LogP contribution >= 0.6 is 0 Å². The van der Waals surface area contributed by atoms with Gasteiger partial charge in [0.1, 0.15) is 5.76 Å². The quantitative estimate of drug-likeness (QED) is 0.776. The number of fused-ring (bicyclic) bond motifs is 1. The van der Waals surface area contributed by atoms with Crippen LogP contribution in [-0.4, -0.2) is 41.1 Å². The summed E-state index contributed by atoms with van der Waals surface area (Å²) in [5, 5.41) is 11.2. The summed E-state index contributed by atoms with van der Waals surface area (Å²) in [5.41, 5.74) is 1.85. The van der Waals surface area contributed by atoms with Crippen molar-refractivity contribution in [1.82, 2.24) is 15.1 Å². The fourth-order valence-electron chi connectivity index (χ4n) is 3.20. The average Bonchev–Trinajstić information content (AvgIpc) is 3.25. The van der Waals surface area contributed by atoms with Crippen LogP contribution in [0.5, 0.6) is 0 Å². The Kier molecular flexibility index (Phi) is 3.82. The van der Waals surface area contributed by atoms with Gasteiger partial charge in [0.2, 0.25) is 5.91 Å². The van der Waals surface area contributed by atoms with Gasteiger partial charge in [0.05, 0.1) is 11.8 Å². The zero-order valence-electron chi connectivity index (χ0n) is 13.6. The molecule has 1 fully saturated rings. The molecule has 1 saturated heterocycles. The number of nitrogens with one attached hydrogen (secondary N) is 2. The normalized spacial score (nSPS) is 16.5. The van der Waals surface area contributed by atoms with Gasteiger partial charge in [-0.3, -0.25) is 9.89 Å². The Morgan fingerprint density at radius 3 is 2.92 bits per heavy atom. The van der Waals surface area contributed by atoms with Crippen molar-refractivity contribution in [2.75, 3.05) is 25.5 Å². The Labute approximate surface area is 139 Å². The molecule has 6 heteroatoms. The second-order valence-corrected chi connectivity index (χ2v) is 6.38. The number of hydrogen-bond donors (Lipinski definition) is 2. The Hall–Kier alpha value is -2.60. The lowest BCUT2D eigenvalue weighted by Crippen LogP contribution is -2.36. The van der Waals surface area contributed by atoms with Crippen molar-refractivity contribution in [2.45, 2.75) is 12.8 Å². The largest absolute Gasteiger partial charge is 0.464 e. The van der Waals surface area contributed by atoms with Gasteiger partial charge in [-0.1, -0.05) is 6.07 Å². The summed E-state index contributed by atoms with van der Waals surface area (Å²) in [7, 11) is 2.09.